The molecule has 0 aromatic carbocycles. The van der Waals surface area contributed by atoms with Gasteiger partial charge in [0.25, 0.3) is 0 Å². The van der Waals surface area contributed by atoms with E-state index in [2.05, 4.69) is 147 Å². The Morgan fingerprint density at radius 2 is 0.458 bits per heavy atom. The molecule has 0 rings (SSSR count). The molecule has 0 aromatic heterocycles. The molecule has 0 nitrogen and oxygen atoms in total. The van der Waals surface area contributed by atoms with Gasteiger partial charge in [-0.15, -0.1) is 0 Å². The summed E-state index contributed by atoms with van der Waals surface area (Å²) < 4.78 is 0. The van der Waals surface area contributed by atoms with Gasteiger partial charge in [-0.25, -0.2) is 0 Å². The molecule has 0 aliphatic carbocycles. The van der Waals surface area contributed by atoms with Gasteiger partial charge in [0.05, 0.1) is 0 Å². The van der Waals surface area contributed by atoms with Crippen LogP contribution in [0.3, 0.4) is 0 Å². The highest BCUT2D eigenvalue weighted by atomic mass is 14.0. The third-order valence-electron chi connectivity index (χ3n) is 10.3. The lowest BCUT2D eigenvalue weighted by molar-refractivity contribution is 0.548. The largest absolute Gasteiger partial charge is 0.0862 e. The van der Waals surface area contributed by atoms with Crippen molar-refractivity contribution in [1.29, 1.82) is 0 Å². The van der Waals surface area contributed by atoms with E-state index in [9.17, 15) is 0 Å². The molecule has 0 aromatic rings. The van der Waals surface area contributed by atoms with Crippen molar-refractivity contribution in [1.82, 2.24) is 0 Å². The van der Waals surface area contributed by atoms with Crippen LogP contribution in [0.2, 0.25) is 0 Å². The fraction of sp³-hybridized carbons (Fsp3) is 0.797. The Morgan fingerprint density at radius 1 is 0.237 bits per heavy atom. The predicted octanol–water partition coefficient (Wildman–Crippen LogP) is 22.9. The Hall–Kier alpha value is -1.56. The number of hydrogen-bond acceptors (Lipinski definition) is 0. The topological polar surface area (TPSA) is 0 Å². The molecule has 0 heteroatoms. The number of unbranched alkanes of at least 4 members (excludes halogenated alkanes) is 20. The molecule has 0 radical (unpaired) electrons. The molecule has 0 saturated heterocycles. The van der Waals surface area contributed by atoms with Crippen LogP contribution in [0, 0.1) is 0 Å². The van der Waals surface area contributed by atoms with E-state index in [4.69, 9.17) is 0 Å². The molecular weight excluding hydrogens is 709 g/mol. The molecule has 0 bridgehead atoms. The first-order valence-electron chi connectivity index (χ1n) is 26.2. The van der Waals surface area contributed by atoms with Gasteiger partial charge in [-0.1, -0.05) is 260 Å². The van der Waals surface area contributed by atoms with Crippen LogP contribution in [0.1, 0.15) is 310 Å². The molecule has 0 saturated carbocycles. The highest BCUT2D eigenvalue weighted by molar-refractivity contribution is 5.05. The van der Waals surface area contributed by atoms with Gasteiger partial charge in [-0.05, 0) is 120 Å². The van der Waals surface area contributed by atoms with Crippen molar-refractivity contribution >= 4 is 0 Å². The van der Waals surface area contributed by atoms with E-state index in [-0.39, 0.29) is 0 Å². The Kier molecular flexibility index (Phi) is 68.5. The van der Waals surface area contributed by atoms with Crippen molar-refractivity contribution in [3.05, 3.63) is 69.9 Å². The summed E-state index contributed by atoms with van der Waals surface area (Å²) >= 11 is 0. The SMILES string of the molecule is CCC/C=C(\C)CC/C=C(\C)CCC=C(C)C.CCC/C=C(\C)CCC=C(C)C.CCC=C(C)C.CCCCCCCCCC.CCCCCCCCCCCCCC. The van der Waals surface area contributed by atoms with E-state index >= 15 is 0 Å². The van der Waals surface area contributed by atoms with Crippen molar-refractivity contribution in [3.63, 3.8) is 0 Å². The van der Waals surface area contributed by atoms with Gasteiger partial charge >= 0.3 is 0 Å². The van der Waals surface area contributed by atoms with Gasteiger partial charge in [0.15, 0.2) is 0 Å². The van der Waals surface area contributed by atoms with E-state index in [1.807, 2.05) is 0 Å². The highest BCUT2D eigenvalue weighted by Gasteiger charge is 1.93. The van der Waals surface area contributed by atoms with E-state index in [1.165, 1.54) is 227 Å². The lowest BCUT2D eigenvalue weighted by atomic mass is 10.1. The summed E-state index contributed by atoms with van der Waals surface area (Å²) in [5.74, 6) is 0. The predicted molar refractivity (Wildman–Crippen MR) is 282 cm³/mol. The van der Waals surface area contributed by atoms with Crippen LogP contribution >= 0.6 is 0 Å². The Bertz CT molecular complexity index is 928. The van der Waals surface area contributed by atoms with Crippen molar-refractivity contribution in [2.75, 3.05) is 0 Å². The van der Waals surface area contributed by atoms with Gasteiger partial charge in [-0.2, -0.15) is 0 Å². The lowest BCUT2D eigenvalue weighted by Crippen LogP contribution is -1.81. The maximum atomic E-state index is 2.40. The monoisotopic (exact) mass is 825 g/mol. The molecule has 0 aliphatic rings. The maximum Gasteiger partial charge on any atom is -0.0288 e. The van der Waals surface area contributed by atoms with Crippen LogP contribution in [-0.4, -0.2) is 0 Å². The standard InChI is InChI=1S/C17H30.C14H30.C12H22.C10H22.C6H12/c1-6-7-11-16(4)13-9-14-17(5)12-8-10-15(2)3;1-3-5-7-9-11-13-14-12-10-8-6-4-2;1-5-6-9-12(4)10-7-8-11(2)3;1-3-5-7-9-10-8-6-4-2;1-4-5-6(2)3/h10-11,14H,6-9,12-13H2,1-5H3;3-14H2,1-2H3;8-9H,5-7,10H2,1-4H3;3-10H2,1-2H3;5H,4H2,1-3H3/b16-11+,17-14+;;12-9+;;. The second-order valence-corrected chi connectivity index (χ2v) is 18.3. The second-order valence-electron chi connectivity index (χ2n) is 18.3. The zero-order valence-corrected chi connectivity index (χ0v) is 44.4. The Balaban J connectivity index is -0.000000213. The summed E-state index contributed by atoms with van der Waals surface area (Å²) in [4.78, 5) is 0. The summed E-state index contributed by atoms with van der Waals surface area (Å²) in [5.41, 5.74) is 8.88. The molecule has 0 atom stereocenters. The molecule has 0 N–H and O–H groups in total. The van der Waals surface area contributed by atoms with Crippen LogP contribution in [-0.2, 0) is 0 Å². The van der Waals surface area contributed by atoms with Crippen molar-refractivity contribution in [3.8, 4) is 0 Å². The first-order valence-corrected chi connectivity index (χ1v) is 26.2. The summed E-state index contributed by atoms with van der Waals surface area (Å²) in [5, 5.41) is 0. The normalized spacial score (nSPS) is 11.1. The lowest BCUT2D eigenvalue weighted by Gasteiger charge is -2.01. The average Bonchev–Trinajstić information content (AvgIpc) is 3.19. The fourth-order valence-corrected chi connectivity index (χ4v) is 6.34. The van der Waals surface area contributed by atoms with Crippen molar-refractivity contribution in [2.45, 2.75) is 310 Å². The second kappa shape index (κ2) is 60.7. The van der Waals surface area contributed by atoms with Crippen LogP contribution in [0.4, 0.5) is 0 Å². The molecule has 0 spiro atoms. The molecule has 59 heavy (non-hydrogen) atoms. The van der Waals surface area contributed by atoms with Crippen LogP contribution in [0.15, 0.2) is 69.9 Å². The Labute approximate surface area is 378 Å². The van der Waals surface area contributed by atoms with Crippen LogP contribution in [0.5, 0.6) is 0 Å². The smallest absolute Gasteiger partial charge is 0.0288 e. The minimum atomic E-state index is 1.17. The molecular formula is C59H116. The molecule has 352 valence electrons. The maximum absolute atomic E-state index is 2.40. The van der Waals surface area contributed by atoms with Gasteiger partial charge in [0, 0.05) is 0 Å². The fourth-order valence-electron chi connectivity index (χ4n) is 6.34. The van der Waals surface area contributed by atoms with E-state index in [0.717, 1.165) is 0 Å². The average molecular weight is 826 g/mol. The summed E-state index contributed by atoms with van der Waals surface area (Å²) in [6.07, 6.45) is 56.3. The van der Waals surface area contributed by atoms with Crippen LogP contribution in [0.25, 0.3) is 0 Å². The minimum Gasteiger partial charge on any atom is -0.0862 e. The molecule has 0 amide bonds. The third kappa shape index (κ3) is 81.0. The van der Waals surface area contributed by atoms with E-state index in [1.54, 1.807) is 5.57 Å². The number of hydrogen-bond donors (Lipinski definition) is 0. The molecule has 0 heterocycles. The number of allylic oxidation sites excluding steroid dienone is 12. The molecule has 0 fully saturated rings. The quantitative estimate of drug-likeness (QED) is 0.0468. The minimum absolute atomic E-state index is 1.17. The van der Waals surface area contributed by atoms with Crippen molar-refractivity contribution < 1.29 is 0 Å². The van der Waals surface area contributed by atoms with Gasteiger partial charge in [0.1, 0.15) is 0 Å². The zero-order chi connectivity index (χ0) is 45.6. The number of rotatable bonds is 32. The van der Waals surface area contributed by atoms with Gasteiger partial charge < -0.3 is 0 Å². The first kappa shape index (κ1) is 66.5. The van der Waals surface area contributed by atoms with Crippen molar-refractivity contribution in [2.24, 2.45) is 0 Å². The Morgan fingerprint density at radius 3 is 0.644 bits per heavy atom. The molecule has 0 unspecified atom stereocenters. The van der Waals surface area contributed by atoms with Gasteiger partial charge in [0.2, 0.25) is 0 Å². The molecule has 0 aliphatic heterocycles. The first-order chi connectivity index (χ1) is 28.3. The van der Waals surface area contributed by atoms with Crippen LogP contribution < -0.4 is 0 Å². The third-order valence-corrected chi connectivity index (χ3v) is 10.3. The van der Waals surface area contributed by atoms with Gasteiger partial charge in [-0.3, -0.25) is 0 Å². The summed E-state index contributed by atoms with van der Waals surface area (Å²) in [7, 11) is 0. The summed E-state index contributed by atoms with van der Waals surface area (Å²) in [6.45, 7) is 35.3. The van der Waals surface area contributed by atoms with E-state index < -0.39 is 0 Å². The summed E-state index contributed by atoms with van der Waals surface area (Å²) in [6, 6.07) is 0. The highest BCUT2D eigenvalue weighted by Crippen LogP contribution is 2.14. The van der Waals surface area contributed by atoms with E-state index in [0.29, 0.717) is 0 Å². The zero-order valence-electron chi connectivity index (χ0n) is 44.4.